The van der Waals surface area contributed by atoms with Crippen molar-refractivity contribution in [3.63, 3.8) is 0 Å². The molecule has 0 atom stereocenters. The van der Waals surface area contributed by atoms with Gasteiger partial charge in [-0.2, -0.15) is 0 Å². The Morgan fingerprint density at radius 2 is 1.61 bits per heavy atom. The van der Waals surface area contributed by atoms with Gasteiger partial charge in [0.05, 0.1) is 12.2 Å². The van der Waals surface area contributed by atoms with Gasteiger partial charge < -0.3 is 9.47 Å². The molecular weight excluding hydrogens is 226 g/mol. The number of ether oxygens (including phenoxy) is 2. The third-order valence-corrected chi connectivity index (χ3v) is 4.76. The van der Waals surface area contributed by atoms with E-state index >= 15 is 0 Å². The fourth-order valence-electron chi connectivity index (χ4n) is 3.08. The topological polar surface area (TPSA) is 21.7 Å². The molecule has 2 rings (SSSR count). The number of rotatable bonds is 2. The van der Waals surface area contributed by atoms with Crippen LogP contribution in [0.1, 0.15) is 60.3 Å². The van der Waals surface area contributed by atoms with Crippen LogP contribution < -0.4 is 0 Å². The minimum atomic E-state index is -0.284. The van der Waals surface area contributed by atoms with E-state index in [0.717, 1.165) is 45.4 Å². The van der Waals surface area contributed by atoms with Crippen LogP contribution in [0, 0.1) is 0 Å². The van der Waals surface area contributed by atoms with E-state index in [4.69, 9.17) is 9.47 Å². The Balaban J connectivity index is 1.98. The van der Waals surface area contributed by atoms with E-state index in [2.05, 4.69) is 39.5 Å². The van der Waals surface area contributed by atoms with Gasteiger partial charge in [0.15, 0.2) is 5.79 Å². The summed E-state index contributed by atoms with van der Waals surface area (Å²) in [7, 11) is 0. The largest absolute Gasteiger partial charge is 0.347 e. The Kier molecular flexibility index (Phi) is 3.79. The fourth-order valence-corrected chi connectivity index (χ4v) is 3.08. The van der Waals surface area contributed by atoms with Gasteiger partial charge in [0.1, 0.15) is 0 Å². The van der Waals surface area contributed by atoms with Crippen molar-refractivity contribution in [2.75, 3.05) is 19.7 Å². The minimum absolute atomic E-state index is 0.0239. The van der Waals surface area contributed by atoms with Crippen molar-refractivity contribution in [2.24, 2.45) is 0 Å². The molecule has 0 bridgehead atoms. The number of hydrogen-bond acceptors (Lipinski definition) is 3. The van der Waals surface area contributed by atoms with Crippen molar-refractivity contribution >= 4 is 0 Å². The molecule has 0 radical (unpaired) electrons. The quantitative estimate of drug-likeness (QED) is 0.756. The molecule has 1 spiro atoms. The van der Waals surface area contributed by atoms with Crippen LogP contribution in [0.2, 0.25) is 0 Å². The summed E-state index contributed by atoms with van der Waals surface area (Å²) in [4.78, 5) is 2.53. The summed E-state index contributed by atoms with van der Waals surface area (Å²) >= 11 is 0. The maximum absolute atomic E-state index is 6.39. The van der Waals surface area contributed by atoms with Gasteiger partial charge in [-0.05, 0) is 33.6 Å². The van der Waals surface area contributed by atoms with Crippen molar-refractivity contribution in [3.8, 4) is 0 Å². The first-order valence-corrected chi connectivity index (χ1v) is 7.44. The Bertz CT molecular complexity index is 283. The van der Waals surface area contributed by atoms with E-state index < -0.39 is 0 Å². The van der Waals surface area contributed by atoms with Crippen LogP contribution in [0.4, 0.5) is 0 Å². The van der Waals surface area contributed by atoms with Gasteiger partial charge in [-0.1, -0.05) is 13.8 Å². The highest BCUT2D eigenvalue weighted by Gasteiger charge is 2.50. The lowest BCUT2D eigenvalue weighted by Crippen LogP contribution is -2.52. The Morgan fingerprint density at radius 3 is 2.00 bits per heavy atom. The van der Waals surface area contributed by atoms with Gasteiger partial charge in [0.2, 0.25) is 0 Å². The first-order valence-electron chi connectivity index (χ1n) is 7.44. The highest BCUT2D eigenvalue weighted by Crippen LogP contribution is 2.42. The number of nitrogens with zero attached hydrogens (tertiary/aromatic N) is 1. The van der Waals surface area contributed by atoms with Gasteiger partial charge >= 0.3 is 0 Å². The smallest absolute Gasteiger partial charge is 0.171 e. The zero-order valence-corrected chi connectivity index (χ0v) is 12.7. The highest BCUT2D eigenvalue weighted by molar-refractivity contribution is 4.94. The average molecular weight is 255 g/mol. The predicted molar refractivity (Wildman–Crippen MR) is 73.6 cm³/mol. The maximum atomic E-state index is 6.39. The van der Waals surface area contributed by atoms with Crippen LogP contribution in [0.5, 0.6) is 0 Å². The van der Waals surface area contributed by atoms with E-state index in [0.29, 0.717) is 0 Å². The molecule has 2 fully saturated rings. The lowest BCUT2D eigenvalue weighted by Gasteiger charge is -2.44. The van der Waals surface area contributed by atoms with E-state index in [9.17, 15) is 0 Å². The van der Waals surface area contributed by atoms with Crippen LogP contribution in [0.3, 0.4) is 0 Å². The van der Waals surface area contributed by atoms with E-state index in [-0.39, 0.29) is 16.9 Å². The second kappa shape index (κ2) is 4.77. The summed E-state index contributed by atoms with van der Waals surface area (Å²) in [5.74, 6) is -0.284. The number of hydrogen-bond donors (Lipinski definition) is 0. The summed E-state index contributed by atoms with van der Waals surface area (Å²) < 4.78 is 12.5. The van der Waals surface area contributed by atoms with Gasteiger partial charge in [0.25, 0.3) is 0 Å². The van der Waals surface area contributed by atoms with Gasteiger partial charge in [-0.3, -0.25) is 4.90 Å². The molecule has 3 nitrogen and oxygen atoms in total. The molecule has 0 aromatic heterocycles. The molecular formula is C15H29NO2. The van der Waals surface area contributed by atoms with Crippen molar-refractivity contribution in [3.05, 3.63) is 0 Å². The van der Waals surface area contributed by atoms with E-state index in [1.54, 1.807) is 0 Å². The first kappa shape index (κ1) is 14.3. The summed E-state index contributed by atoms with van der Waals surface area (Å²) in [6.45, 7) is 14.2. The van der Waals surface area contributed by atoms with Crippen LogP contribution in [-0.2, 0) is 9.47 Å². The molecule has 0 aliphatic carbocycles. The van der Waals surface area contributed by atoms with Gasteiger partial charge in [-0.15, -0.1) is 0 Å². The zero-order chi connectivity index (χ0) is 13.4. The maximum Gasteiger partial charge on any atom is 0.171 e. The molecule has 106 valence electrons. The summed E-state index contributed by atoms with van der Waals surface area (Å²) in [6, 6.07) is 0. The van der Waals surface area contributed by atoms with Crippen LogP contribution >= 0.6 is 0 Å². The van der Waals surface area contributed by atoms with E-state index in [1.165, 1.54) is 0 Å². The average Bonchev–Trinajstić information content (AvgIpc) is 2.69. The predicted octanol–water partition coefficient (Wildman–Crippen LogP) is 3.18. The fraction of sp³-hybridized carbons (Fsp3) is 1.00. The second-order valence-corrected chi connectivity index (χ2v) is 6.85. The Hall–Kier alpha value is -0.120. The summed E-state index contributed by atoms with van der Waals surface area (Å²) in [5.41, 5.74) is 0.233. The van der Waals surface area contributed by atoms with Crippen molar-refractivity contribution in [2.45, 2.75) is 77.2 Å². The standard InChI is InChI=1S/C15H29NO2/c1-6-14(7-2)12-17-15(18-14)8-10-16(11-9-15)13(3,4)5/h6-12H2,1-5H3. The Morgan fingerprint density at radius 1 is 1.06 bits per heavy atom. The molecule has 0 saturated carbocycles. The third-order valence-electron chi connectivity index (χ3n) is 4.76. The molecule has 2 aliphatic heterocycles. The summed E-state index contributed by atoms with van der Waals surface area (Å²) in [5, 5.41) is 0. The van der Waals surface area contributed by atoms with Crippen LogP contribution in [0.15, 0.2) is 0 Å². The lowest BCUT2D eigenvalue weighted by molar-refractivity contribution is -0.216. The molecule has 0 unspecified atom stereocenters. The minimum Gasteiger partial charge on any atom is -0.347 e. The molecule has 2 heterocycles. The number of likely N-dealkylation sites (tertiary alicyclic amines) is 1. The van der Waals surface area contributed by atoms with Crippen LogP contribution in [0.25, 0.3) is 0 Å². The van der Waals surface area contributed by atoms with Crippen LogP contribution in [-0.4, -0.2) is 41.5 Å². The molecule has 0 amide bonds. The van der Waals surface area contributed by atoms with Gasteiger partial charge in [-0.25, -0.2) is 0 Å². The van der Waals surface area contributed by atoms with Crippen molar-refractivity contribution in [1.29, 1.82) is 0 Å². The molecule has 0 aromatic rings. The number of piperidine rings is 1. The third kappa shape index (κ3) is 2.59. The van der Waals surface area contributed by atoms with Gasteiger partial charge in [0, 0.05) is 31.5 Å². The molecule has 3 heteroatoms. The molecule has 0 aromatic carbocycles. The summed E-state index contributed by atoms with van der Waals surface area (Å²) in [6.07, 6.45) is 4.11. The molecule has 18 heavy (non-hydrogen) atoms. The zero-order valence-electron chi connectivity index (χ0n) is 12.7. The lowest BCUT2D eigenvalue weighted by atomic mass is 9.96. The normalized spacial score (nSPS) is 27.8. The Labute approximate surface area is 112 Å². The van der Waals surface area contributed by atoms with Crippen molar-refractivity contribution < 1.29 is 9.47 Å². The molecule has 2 saturated heterocycles. The van der Waals surface area contributed by atoms with E-state index in [1.807, 2.05) is 0 Å². The first-order chi connectivity index (χ1) is 8.35. The SMILES string of the molecule is CCC1(CC)COC2(CCN(C(C)(C)C)CC2)O1. The molecule has 2 aliphatic rings. The highest BCUT2D eigenvalue weighted by atomic mass is 16.8. The monoisotopic (exact) mass is 255 g/mol. The van der Waals surface area contributed by atoms with Crippen molar-refractivity contribution in [1.82, 2.24) is 4.90 Å². The second-order valence-electron chi connectivity index (χ2n) is 6.85. The molecule has 0 N–H and O–H groups in total.